The molecule has 0 N–H and O–H groups in total. The van der Waals surface area contributed by atoms with Gasteiger partial charge < -0.3 is 23.0 Å². The normalized spacial score (nSPS) is 13.7. The number of furan rings is 2. The van der Waals surface area contributed by atoms with Gasteiger partial charge in [0.15, 0.2) is 0 Å². The third-order valence-electron chi connectivity index (χ3n) is 12.4. The van der Waals surface area contributed by atoms with Crippen LogP contribution < -0.4 is 9.64 Å². The summed E-state index contributed by atoms with van der Waals surface area (Å²) in [6, 6.07) is 54.1. The Hall–Kier alpha value is -6.98. The van der Waals surface area contributed by atoms with Crippen LogP contribution in [0.15, 0.2) is 167 Å². The van der Waals surface area contributed by atoms with Gasteiger partial charge in [-0.05, 0) is 104 Å². The molecule has 0 bridgehead atoms. The molecule has 0 saturated carbocycles. The first-order chi connectivity index (χ1) is 29.1. The van der Waals surface area contributed by atoms with E-state index < -0.39 is 0 Å². The number of rotatable bonds is 9. The number of allylic oxidation sites excluding steroid dienone is 1. The molecule has 11 rings (SSSR count). The molecule has 1 aliphatic rings. The van der Waals surface area contributed by atoms with Gasteiger partial charge in [0.2, 0.25) is 0 Å². The number of para-hydroxylation sites is 2. The van der Waals surface area contributed by atoms with Gasteiger partial charge >= 0.3 is 0 Å². The van der Waals surface area contributed by atoms with Gasteiger partial charge in [0.05, 0.1) is 22.1 Å². The lowest BCUT2D eigenvalue weighted by Crippen LogP contribution is -2.10. The van der Waals surface area contributed by atoms with Crippen LogP contribution in [0.1, 0.15) is 68.1 Å². The van der Waals surface area contributed by atoms with E-state index >= 15 is 0 Å². The molecule has 2 unspecified atom stereocenters. The van der Waals surface area contributed by atoms with Crippen molar-refractivity contribution in [3.05, 3.63) is 180 Å². The Morgan fingerprint density at radius 1 is 0.644 bits per heavy atom. The minimum atomic E-state index is -0.138. The summed E-state index contributed by atoms with van der Waals surface area (Å²) in [5.41, 5.74) is 12.6. The third-order valence-corrected chi connectivity index (χ3v) is 12.4. The van der Waals surface area contributed by atoms with Crippen LogP contribution in [0.25, 0.3) is 66.5 Å². The average Bonchev–Trinajstić information content (AvgIpc) is 3.96. The molecule has 0 spiro atoms. The van der Waals surface area contributed by atoms with Gasteiger partial charge in [-0.15, -0.1) is 0 Å². The largest absolute Gasteiger partial charge is 0.485 e. The summed E-state index contributed by atoms with van der Waals surface area (Å²) < 4.78 is 22.6. The van der Waals surface area contributed by atoms with Crippen LogP contribution >= 0.6 is 0 Å². The molecule has 2 atom stereocenters. The second-order valence-electron chi connectivity index (χ2n) is 15.9. The maximum absolute atomic E-state index is 6.97. The lowest BCUT2D eigenvalue weighted by Gasteiger charge is -2.26. The van der Waals surface area contributed by atoms with Gasteiger partial charge in [-0.25, -0.2) is 0 Å². The standard InChI is InChI=1S/C54H44N2O3/c1-4-34(2)40-29-31-50-53(54(40)57-35(3)36-16-7-5-8-17-36)43-28-26-39(33-51(43)59-50)55(38-27-30-49-44(32-38)41-20-12-14-25-48(41)58-49)46-23-15-24-47-52(46)42-21-11-13-22-45(42)56(47)37-18-9-6-10-19-37/h5-13,15-24,26-35H,4,14,25H2,1-3H3. The molecule has 0 amide bonds. The summed E-state index contributed by atoms with van der Waals surface area (Å²) in [6.45, 7) is 6.64. The van der Waals surface area contributed by atoms with Gasteiger partial charge in [-0.3, -0.25) is 0 Å². The first-order valence-corrected chi connectivity index (χ1v) is 20.9. The van der Waals surface area contributed by atoms with E-state index in [1.165, 1.54) is 21.9 Å². The van der Waals surface area contributed by atoms with Crippen molar-refractivity contribution in [3.8, 4) is 11.4 Å². The molecule has 5 nitrogen and oxygen atoms in total. The zero-order valence-corrected chi connectivity index (χ0v) is 33.5. The second-order valence-corrected chi connectivity index (χ2v) is 15.9. The zero-order chi connectivity index (χ0) is 39.6. The number of aromatic nitrogens is 1. The summed E-state index contributed by atoms with van der Waals surface area (Å²) in [5, 5.41) is 5.54. The number of ether oxygens (including phenoxy) is 1. The SMILES string of the molecule is CCC(C)c1ccc2oc3cc(N(c4ccc5oc6c(c5c4)C=CCC6)c4cccc5c4c4ccccc4n5-c4ccccc4)ccc3c2c1OC(C)c1ccccc1. The van der Waals surface area contributed by atoms with Crippen LogP contribution in [0.5, 0.6) is 5.75 Å². The Labute approximate surface area is 343 Å². The van der Waals surface area contributed by atoms with E-state index in [4.69, 9.17) is 13.6 Å². The van der Waals surface area contributed by atoms with Gasteiger partial charge in [0.25, 0.3) is 0 Å². The number of benzene rings is 7. The fourth-order valence-corrected chi connectivity index (χ4v) is 9.23. The lowest BCUT2D eigenvalue weighted by atomic mass is 9.95. The monoisotopic (exact) mass is 768 g/mol. The van der Waals surface area contributed by atoms with Crippen LogP contribution in [0.2, 0.25) is 0 Å². The van der Waals surface area contributed by atoms with Crippen molar-refractivity contribution in [3.63, 3.8) is 0 Å². The second kappa shape index (κ2) is 14.1. The van der Waals surface area contributed by atoms with E-state index in [1.54, 1.807) is 0 Å². The third kappa shape index (κ3) is 5.75. The number of nitrogens with zero attached hydrogens (tertiary/aromatic N) is 2. The number of hydrogen-bond acceptors (Lipinski definition) is 4. The summed E-state index contributed by atoms with van der Waals surface area (Å²) >= 11 is 0. The predicted molar refractivity (Wildman–Crippen MR) is 244 cm³/mol. The number of hydrogen-bond donors (Lipinski definition) is 0. The Kier molecular flexibility index (Phi) is 8.44. The van der Waals surface area contributed by atoms with Crippen molar-refractivity contribution in [2.24, 2.45) is 0 Å². The van der Waals surface area contributed by atoms with Crippen LogP contribution in [0.3, 0.4) is 0 Å². The van der Waals surface area contributed by atoms with Crippen molar-refractivity contribution >= 4 is 77.9 Å². The van der Waals surface area contributed by atoms with Crippen LogP contribution in [-0.2, 0) is 6.42 Å². The topological polar surface area (TPSA) is 43.7 Å². The molecule has 0 radical (unpaired) electrons. The van der Waals surface area contributed by atoms with Crippen molar-refractivity contribution in [1.82, 2.24) is 4.57 Å². The summed E-state index contributed by atoms with van der Waals surface area (Å²) in [7, 11) is 0. The van der Waals surface area contributed by atoms with Crippen LogP contribution in [-0.4, -0.2) is 4.57 Å². The molecular formula is C54H44N2O3. The molecule has 3 aromatic heterocycles. The van der Waals surface area contributed by atoms with Gasteiger partial charge in [-0.1, -0.05) is 105 Å². The first kappa shape index (κ1) is 35.2. The highest BCUT2D eigenvalue weighted by atomic mass is 16.5. The number of anilines is 3. The van der Waals surface area contributed by atoms with E-state index in [0.717, 1.165) is 103 Å². The van der Waals surface area contributed by atoms with Crippen molar-refractivity contribution < 1.29 is 13.6 Å². The van der Waals surface area contributed by atoms with Gasteiger partial charge in [0.1, 0.15) is 34.4 Å². The molecule has 0 saturated heterocycles. The summed E-state index contributed by atoms with van der Waals surface area (Å²) in [4.78, 5) is 2.39. The van der Waals surface area contributed by atoms with Crippen molar-refractivity contribution in [2.45, 2.75) is 52.1 Å². The van der Waals surface area contributed by atoms with Crippen molar-refractivity contribution in [2.75, 3.05) is 4.90 Å². The van der Waals surface area contributed by atoms with E-state index in [1.807, 2.05) is 6.07 Å². The highest BCUT2D eigenvalue weighted by Crippen LogP contribution is 2.48. The predicted octanol–water partition coefficient (Wildman–Crippen LogP) is 15.5. The van der Waals surface area contributed by atoms with Crippen LogP contribution in [0.4, 0.5) is 17.1 Å². The number of aryl methyl sites for hydroxylation is 1. The minimum Gasteiger partial charge on any atom is -0.485 e. The molecule has 0 fully saturated rings. The fraction of sp³-hybridized carbons (Fsp3) is 0.148. The smallest absolute Gasteiger partial charge is 0.139 e. The first-order valence-electron chi connectivity index (χ1n) is 20.9. The summed E-state index contributed by atoms with van der Waals surface area (Å²) in [6.07, 6.45) is 7.24. The lowest BCUT2D eigenvalue weighted by molar-refractivity contribution is 0.226. The number of fused-ring (bicyclic) bond motifs is 9. The molecule has 288 valence electrons. The van der Waals surface area contributed by atoms with E-state index in [2.05, 4.69) is 188 Å². The maximum Gasteiger partial charge on any atom is 0.139 e. The molecule has 0 aliphatic heterocycles. The molecular weight excluding hydrogens is 725 g/mol. The highest BCUT2D eigenvalue weighted by molar-refractivity contribution is 6.17. The Bertz CT molecular complexity index is 3220. The molecule has 10 aromatic rings. The molecule has 5 heteroatoms. The van der Waals surface area contributed by atoms with E-state index in [9.17, 15) is 0 Å². The Morgan fingerprint density at radius 3 is 2.24 bits per heavy atom. The maximum atomic E-state index is 6.97. The van der Waals surface area contributed by atoms with Gasteiger partial charge in [0, 0.05) is 56.7 Å². The minimum absolute atomic E-state index is 0.138. The summed E-state index contributed by atoms with van der Waals surface area (Å²) in [5.74, 6) is 2.27. The van der Waals surface area contributed by atoms with Gasteiger partial charge in [-0.2, -0.15) is 0 Å². The fourth-order valence-electron chi connectivity index (χ4n) is 9.23. The van der Waals surface area contributed by atoms with E-state index in [-0.39, 0.29) is 6.10 Å². The molecule has 59 heavy (non-hydrogen) atoms. The Balaban J connectivity index is 1.15. The van der Waals surface area contributed by atoms with Crippen molar-refractivity contribution in [1.29, 1.82) is 0 Å². The van der Waals surface area contributed by atoms with Crippen LogP contribution in [0, 0.1) is 0 Å². The quantitative estimate of drug-likeness (QED) is 0.147. The Morgan fingerprint density at radius 2 is 1.39 bits per heavy atom. The highest BCUT2D eigenvalue weighted by Gasteiger charge is 2.26. The average molecular weight is 769 g/mol. The molecule has 3 heterocycles. The molecule has 7 aromatic carbocycles. The zero-order valence-electron chi connectivity index (χ0n) is 33.5. The van der Waals surface area contributed by atoms with E-state index in [0.29, 0.717) is 5.92 Å². The molecule has 1 aliphatic carbocycles.